The second-order valence-electron chi connectivity index (χ2n) is 10.6. The zero-order valence-electron chi connectivity index (χ0n) is 22.6. The van der Waals surface area contributed by atoms with Crippen molar-refractivity contribution in [2.24, 2.45) is 0 Å². The number of β-amino-alcohol motifs (C(OH)–C–C–N with tert-alkyl or cyclic N) is 1. The van der Waals surface area contributed by atoms with E-state index in [0.29, 0.717) is 32.3 Å². The van der Waals surface area contributed by atoms with E-state index in [2.05, 4.69) is 16.0 Å². The van der Waals surface area contributed by atoms with Gasteiger partial charge >= 0.3 is 0 Å². The number of carbonyl (C=O) groups is 3. The van der Waals surface area contributed by atoms with Gasteiger partial charge in [-0.25, -0.2) is 0 Å². The van der Waals surface area contributed by atoms with Crippen LogP contribution in [-0.4, -0.2) is 47.6 Å². The zero-order chi connectivity index (χ0) is 28.0. The Bertz CT molecular complexity index is 1320. The Morgan fingerprint density at radius 3 is 2.67 bits per heavy atom. The molecule has 2 heterocycles. The first kappa shape index (κ1) is 28.5. The number of hydrogen-bond acceptors (Lipinski definition) is 6. The topological polar surface area (TPSA) is 111 Å². The molecular weight excluding hydrogens is 512 g/mol. The number of amides is 3. The molecule has 0 fully saturated rings. The number of thiophene rings is 1. The summed E-state index contributed by atoms with van der Waals surface area (Å²) in [5.41, 5.74) is 3.04. The lowest BCUT2D eigenvalue weighted by molar-refractivity contribution is -0.128. The van der Waals surface area contributed by atoms with Crippen molar-refractivity contribution in [1.29, 1.82) is 0 Å². The van der Waals surface area contributed by atoms with E-state index in [1.54, 1.807) is 23.2 Å². The van der Waals surface area contributed by atoms with E-state index < -0.39 is 17.7 Å². The Morgan fingerprint density at radius 1 is 1.15 bits per heavy atom. The Hall–Kier alpha value is -3.53. The van der Waals surface area contributed by atoms with Crippen LogP contribution in [0, 0.1) is 0 Å². The van der Waals surface area contributed by atoms with Crippen LogP contribution in [0.3, 0.4) is 0 Å². The molecule has 4 rings (SSSR count). The fourth-order valence-corrected chi connectivity index (χ4v) is 5.83. The molecule has 0 bridgehead atoms. The minimum Gasteiger partial charge on any atom is -0.392 e. The summed E-state index contributed by atoms with van der Waals surface area (Å²) < 4.78 is 0. The zero-order valence-corrected chi connectivity index (χ0v) is 23.4. The number of benzene rings is 2. The van der Waals surface area contributed by atoms with Crippen molar-refractivity contribution in [3.63, 3.8) is 0 Å². The van der Waals surface area contributed by atoms with Crippen LogP contribution in [0.5, 0.6) is 0 Å². The molecule has 3 amide bonds. The third-order valence-corrected chi connectivity index (χ3v) is 7.85. The van der Waals surface area contributed by atoms with E-state index >= 15 is 0 Å². The summed E-state index contributed by atoms with van der Waals surface area (Å²) >= 11 is 1.57. The Morgan fingerprint density at radius 2 is 1.90 bits per heavy atom. The second-order valence-corrected chi connectivity index (χ2v) is 11.7. The average Bonchev–Trinajstić information content (AvgIpc) is 3.32. The van der Waals surface area contributed by atoms with Gasteiger partial charge in [-0.3, -0.25) is 14.4 Å². The van der Waals surface area contributed by atoms with Crippen molar-refractivity contribution < 1.29 is 19.5 Å². The largest absolute Gasteiger partial charge is 0.392 e. The van der Waals surface area contributed by atoms with Crippen LogP contribution in [0.1, 0.15) is 44.1 Å². The molecule has 0 unspecified atom stereocenters. The average molecular weight is 549 g/mol. The van der Waals surface area contributed by atoms with E-state index in [0.717, 1.165) is 32.3 Å². The molecule has 39 heavy (non-hydrogen) atoms. The standard InChI is InChI=1S/C30H36N4O4S/c1-20(36)17-32-30(2,3)16-28(37)33-25-14-12-21-8-4-7-11-26(21)34(29(25)38)18-22-13-15-27(39-22)23-9-5-6-10-24(23)31-19-35/h4-11,13,15,19-20,25,32,36H,12,14,16-18H2,1-3H3,(H,31,35)(H,33,37)/t20-,25-/m1/s1. The number of aliphatic hydroxyl groups is 1. The number of fused-ring (bicyclic) bond motifs is 1. The van der Waals surface area contributed by atoms with Crippen LogP contribution in [0.4, 0.5) is 11.4 Å². The van der Waals surface area contributed by atoms with Crippen LogP contribution in [0.25, 0.3) is 10.4 Å². The van der Waals surface area contributed by atoms with E-state index in [1.807, 2.05) is 74.5 Å². The van der Waals surface area contributed by atoms with Gasteiger partial charge < -0.3 is 26.0 Å². The van der Waals surface area contributed by atoms with Gasteiger partial charge in [0.15, 0.2) is 0 Å². The number of aliphatic hydroxyl groups excluding tert-OH is 1. The molecule has 206 valence electrons. The fraction of sp³-hybridized carbons (Fsp3) is 0.367. The van der Waals surface area contributed by atoms with Gasteiger partial charge in [-0.05, 0) is 63.4 Å². The minimum atomic E-state index is -0.644. The van der Waals surface area contributed by atoms with Crippen LogP contribution < -0.4 is 20.9 Å². The molecule has 1 aliphatic heterocycles. The number of para-hydroxylation sites is 2. The first-order chi connectivity index (χ1) is 18.7. The summed E-state index contributed by atoms with van der Waals surface area (Å²) in [5, 5.41) is 18.5. The van der Waals surface area contributed by atoms with Crippen molar-refractivity contribution in [3.8, 4) is 10.4 Å². The van der Waals surface area contributed by atoms with Crippen LogP contribution >= 0.6 is 11.3 Å². The highest BCUT2D eigenvalue weighted by Crippen LogP contribution is 2.35. The number of hydrogen-bond donors (Lipinski definition) is 4. The maximum Gasteiger partial charge on any atom is 0.249 e. The molecule has 8 nitrogen and oxygen atoms in total. The molecule has 0 spiro atoms. The summed E-state index contributed by atoms with van der Waals surface area (Å²) in [6.07, 6.45) is 1.51. The predicted molar refractivity (Wildman–Crippen MR) is 156 cm³/mol. The molecule has 1 aromatic heterocycles. The van der Waals surface area contributed by atoms with Crippen molar-refractivity contribution >= 4 is 40.9 Å². The Labute approximate surface area is 233 Å². The van der Waals surface area contributed by atoms with E-state index in [-0.39, 0.29) is 18.2 Å². The summed E-state index contributed by atoms with van der Waals surface area (Å²) in [4.78, 5) is 41.7. The lowest BCUT2D eigenvalue weighted by Crippen LogP contribution is -2.51. The Balaban J connectivity index is 1.54. The molecule has 9 heteroatoms. The molecule has 0 saturated carbocycles. The molecule has 0 radical (unpaired) electrons. The maximum absolute atomic E-state index is 13.9. The molecule has 0 aliphatic carbocycles. The number of rotatable bonds is 11. The molecule has 2 atom stereocenters. The summed E-state index contributed by atoms with van der Waals surface area (Å²) in [5.74, 6) is -0.346. The maximum atomic E-state index is 13.9. The number of nitrogens with one attached hydrogen (secondary N) is 3. The molecular formula is C30H36N4O4S. The van der Waals surface area contributed by atoms with Gasteiger partial charge in [-0.2, -0.15) is 0 Å². The van der Waals surface area contributed by atoms with E-state index in [1.165, 1.54) is 0 Å². The number of aryl methyl sites for hydroxylation is 1. The lowest BCUT2D eigenvalue weighted by Gasteiger charge is -2.29. The van der Waals surface area contributed by atoms with Crippen molar-refractivity contribution in [2.45, 2.75) is 64.3 Å². The fourth-order valence-electron chi connectivity index (χ4n) is 4.80. The highest BCUT2D eigenvalue weighted by atomic mass is 32.1. The first-order valence-corrected chi connectivity index (χ1v) is 14.0. The third-order valence-electron chi connectivity index (χ3n) is 6.75. The highest BCUT2D eigenvalue weighted by molar-refractivity contribution is 7.15. The van der Waals surface area contributed by atoms with Crippen LogP contribution in [0.2, 0.25) is 0 Å². The monoisotopic (exact) mass is 548 g/mol. The number of nitrogens with zero attached hydrogens (tertiary/aromatic N) is 1. The first-order valence-electron chi connectivity index (χ1n) is 13.2. The number of anilines is 2. The smallest absolute Gasteiger partial charge is 0.249 e. The van der Waals surface area contributed by atoms with Gasteiger partial charge in [-0.15, -0.1) is 11.3 Å². The van der Waals surface area contributed by atoms with Gasteiger partial charge in [0.25, 0.3) is 0 Å². The molecule has 1 aliphatic rings. The highest BCUT2D eigenvalue weighted by Gasteiger charge is 2.33. The van der Waals surface area contributed by atoms with Crippen LogP contribution in [0.15, 0.2) is 60.7 Å². The van der Waals surface area contributed by atoms with Gasteiger partial charge in [-0.1, -0.05) is 36.4 Å². The SMILES string of the molecule is C[C@@H](O)CNC(C)(C)CC(=O)N[C@@H]1CCc2ccccc2N(Cc2ccc(-c3ccccc3NC=O)s2)C1=O. The quantitative estimate of drug-likeness (QED) is 0.270. The van der Waals surface area contributed by atoms with Gasteiger partial charge in [0.05, 0.1) is 12.6 Å². The third kappa shape index (κ3) is 7.32. The lowest BCUT2D eigenvalue weighted by atomic mass is 9.99. The molecule has 2 aromatic carbocycles. The molecule has 0 saturated heterocycles. The molecule has 3 aromatic rings. The second kappa shape index (κ2) is 12.5. The summed E-state index contributed by atoms with van der Waals surface area (Å²) in [7, 11) is 0. The van der Waals surface area contributed by atoms with Gasteiger partial charge in [0.1, 0.15) is 6.04 Å². The van der Waals surface area contributed by atoms with Gasteiger partial charge in [0.2, 0.25) is 18.2 Å². The summed E-state index contributed by atoms with van der Waals surface area (Å²) in [6, 6.07) is 18.8. The van der Waals surface area contributed by atoms with Crippen molar-refractivity contribution in [1.82, 2.24) is 10.6 Å². The normalized spacial score (nSPS) is 16.3. The van der Waals surface area contributed by atoms with E-state index in [4.69, 9.17) is 0 Å². The van der Waals surface area contributed by atoms with Crippen LogP contribution in [-0.2, 0) is 27.3 Å². The van der Waals surface area contributed by atoms with E-state index in [9.17, 15) is 19.5 Å². The molecule has 4 N–H and O–H groups in total. The predicted octanol–water partition coefficient (Wildman–Crippen LogP) is 4.09. The summed E-state index contributed by atoms with van der Waals surface area (Å²) in [6.45, 7) is 6.26. The van der Waals surface area contributed by atoms with Crippen molar-refractivity contribution in [3.05, 3.63) is 71.1 Å². The number of carbonyl (C=O) groups excluding carboxylic acids is 3. The minimum absolute atomic E-state index is 0.138. The van der Waals surface area contributed by atoms with Crippen molar-refractivity contribution in [2.75, 3.05) is 16.8 Å². The Kier molecular flexibility index (Phi) is 9.16. The van der Waals surface area contributed by atoms with Gasteiger partial charge in [0, 0.05) is 45.2 Å².